The Morgan fingerprint density at radius 1 is 1.26 bits per heavy atom. The van der Waals surface area contributed by atoms with E-state index in [2.05, 4.69) is 70.9 Å². The minimum atomic E-state index is 0.737. The van der Waals surface area contributed by atoms with Crippen LogP contribution in [0.3, 0.4) is 0 Å². The number of hydrogen-bond donors (Lipinski definition) is 0. The number of aryl methyl sites for hydroxylation is 1. The van der Waals surface area contributed by atoms with Gasteiger partial charge in [-0.3, -0.25) is 0 Å². The molecule has 2 aromatic rings. The zero-order valence-electron chi connectivity index (χ0n) is 14.4. The van der Waals surface area contributed by atoms with Crippen LogP contribution >= 0.6 is 0 Å². The fraction of sp³-hybridized carbons (Fsp3) is 0.474. The summed E-state index contributed by atoms with van der Waals surface area (Å²) >= 11 is 0. The maximum absolute atomic E-state index is 4.52. The molecule has 3 rings (SSSR count). The Hall–Kier alpha value is -2.10. The summed E-state index contributed by atoms with van der Waals surface area (Å²) in [5, 5.41) is 0. The summed E-state index contributed by atoms with van der Waals surface area (Å²) < 4.78 is 0. The molecule has 1 aliphatic rings. The van der Waals surface area contributed by atoms with Crippen LogP contribution in [-0.4, -0.2) is 29.6 Å². The van der Waals surface area contributed by atoms with Crippen molar-refractivity contribution in [2.24, 2.45) is 5.92 Å². The van der Waals surface area contributed by atoms with Gasteiger partial charge in [-0.1, -0.05) is 19.1 Å². The van der Waals surface area contributed by atoms with Crippen molar-refractivity contribution in [3.8, 4) is 0 Å². The van der Waals surface area contributed by atoms with Gasteiger partial charge in [0.25, 0.3) is 0 Å². The smallest absolute Gasteiger partial charge is 0.138 e. The lowest BCUT2D eigenvalue weighted by Gasteiger charge is -2.32. The summed E-state index contributed by atoms with van der Waals surface area (Å²) in [6.45, 7) is 9.67. The lowest BCUT2D eigenvalue weighted by atomic mass is 10.0. The molecule has 122 valence electrons. The van der Waals surface area contributed by atoms with Gasteiger partial charge < -0.3 is 9.80 Å². The van der Waals surface area contributed by atoms with E-state index in [9.17, 15) is 0 Å². The third-order valence-corrected chi connectivity index (χ3v) is 4.53. The number of aromatic nitrogens is 2. The molecule has 0 aliphatic carbocycles. The lowest BCUT2D eigenvalue weighted by Crippen LogP contribution is -2.35. The van der Waals surface area contributed by atoms with E-state index in [0.29, 0.717) is 0 Å². The highest BCUT2D eigenvalue weighted by Gasteiger charge is 2.19. The molecule has 1 aromatic heterocycles. The topological polar surface area (TPSA) is 32.3 Å². The zero-order valence-corrected chi connectivity index (χ0v) is 14.4. The van der Waals surface area contributed by atoms with Crippen molar-refractivity contribution in [1.29, 1.82) is 0 Å². The lowest BCUT2D eigenvalue weighted by molar-refractivity contribution is 0.444. The molecule has 2 heterocycles. The molecule has 4 nitrogen and oxygen atoms in total. The first-order valence-corrected chi connectivity index (χ1v) is 8.58. The zero-order chi connectivity index (χ0) is 16.2. The molecule has 1 atom stereocenters. The largest absolute Gasteiger partial charge is 0.356 e. The average Bonchev–Trinajstić information content (AvgIpc) is 2.56. The van der Waals surface area contributed by atoms with Crippen molar-refractivity contribution in [3.05, 3.63) is 42.2 Å². The third-order valence-electron chi connectivity index (χ3n) is 4.53. The van der Waals surface area contributed by atoms with Crippen LogP contribution in [0.2, 0.25) is 0 Å². The molecule has 0 N–H and O–H groups in total. The predicted octanol–water partition coefficient (Wildman–Crippen LogP) is 4.18. The Bertz CT molecular complexity index is 655. The highest BCUT2D eigenvalue weighted by molar-refractivity contribution is 5.63. The van der Waals surface area contributed by atoms with Gasteiger partial charge in [0.15, 0.2) is 0 Å². The molecule has 0 bridgehead atoms. The summed E-state index contributed by atoms with van der Waals surface area (Å²) in [6.07, 6.45) is 4.26. The fourth-order valence-electron chi connectivity index (χ4n) is 3.33. The number of rotatable bonds is 4. The monoisotopic (exact) mass is 310 g/mol. The van der Waals surface area contributed by atoms with E-state index in [1.807, 2.05) is 0 Å². The van der Waals surface area contributed by atoms with E-state index in [1.54, 1.807) is 6.33 Å². The van der Waals surface area contributed by atoms with E-state index in [-0.39, 0.29) is 0 Å². The first kappa shape index (κ1) is 15.8. The van der Waals surface area contributed by atoms with Crippen LogP contribution in [0, 0.1) is 12.8 Å². The normalized spacial score (nSPS) is 18.0. The Balaban J connectivity index is 1.88. The van der Waals surface area contributed by atoms with Crippen molar-refractivity contribution in [2.45, 2.75) is 33.6 Å². The number of benzene rings is 1. The van der Waals surface area contributed by atoms with Gasteiger partial charge in [-0.25, -0.2) is 9.97 Å². The van der Waals surface area contributed by atoms with Crippen molar-refractivity contribution < 1.29 is 0 Å². The molecule has 1 unspecified atom stereocenters. The van der Waals surface area contributed by atoms with Gasteiger partial charge in [0.2, 0.25) is 0 Å². The summed E-state index contributed by atoms with van der Waals surface area (Å²) in [5.74, 6) is 2.76. The van der Waals surface area contributed by atoms with Gasteiger partial charge in [-0.05, 0) is 50.3 Å². The van der Waals surface area contributed by atoms with Crippen molar-refractivity contribution in [3.63, 3.8) is 0 Å². The third kappa shape index (κ3) is 3.63. The van der Waals surface area contributed by atoms with Crippen LogP contribution in [-0.2, 0) is 0 Å². The summed E-state index contributed by atoms with van der Waals surface area (Å²) in [4.78, 5) is 13.7. The van der Waals surface area contributed by atoms with Gasteiger partial charge >= 0.3 is 0 Å². The predicted molar refractivity (Wildman–Crippen MR) is 96.5 cm³/mol. The molecule has 0 amide bonds. The second-order valence-electron chi connectivity index (χ2n) is 6.51. The van der Waals surface area contributed by atoms with Gasteiger partial charge in [-0.2, -0.15) is 0 Å². The Labute approximate surface area is 139 Å². The second-order valence-corrected chi connectivity index (χ2v) is 6.51. The molecule has 1 fully saturated rings. The molecule has 4 heteroatoms. The number of nitrogens with zero attached hydrogens (tertiary/aromatic N) is 4. The second kappa shape index (κ2) is 6.99. The maximum Gasteiger partial charge on any atom is 0.138 e. The first-order chi connectivity index (χ1) is 11.2. The number of hydrogen-bond acceptors (Lipinski definition) is 4. The standard InChI is InChI=1S/C19H26N4/c1-4-23(17-9-5-7-15(2)11-17)19-12-18(20-14-21-19)22-10-6-8-16(3)13-22/h5,7,9,11-12,14,16H,4,6,8,10,13H2,1-3H3. The van der Waals surface area contributed by atoms with E-state index >= 15 is 0 Å². The Morgan fingerprint density at radius 3 is 2.87 bits per heavy atom. The highest BCUT2D eigenvalue weighted by Crippen LogP contribution is 2.28. The van der Waals surface area contributed by atoms with E-state index < -0.39 is 0 Å². The van der Waals surface area contributed by atoms with Gasteiger partial charge in [0, 0.05) is 31.4 Å². The van der Waals surface area contributed by atoms with Crippen LogP contribution in [0.15, 0.2) is 36.7 Å². The molecule has 1 aromatic carbocycles. The first-order valence-electron chi connectivity index (χ1n) is 8.58. The molecule has 1 aliphatic heterocycles. The summed E-state index contributed by atoms with van der Waals surface area (Å²) in [5.41, 5.74) is 2.45. The van der Waals surface area contributed by atoms with Crippen LogP contribution in [0.5, 0.6) is 0 Å². The molecule has 0 radical (unpaired) electrons. The van der Waals surface area contributed by atoms with Crippen molar-refractivity contribution in [2.75, 3.05) is 29.4 Å². The summed E-state index contributed by atoms with van der Waals surface area (Å²) in [7, 11) is 0. The quantitative estimate of drug-likeness (QED) is 0.848. The van der Waals surface area contributed by atoms with E-state index in [4.69, 9.17) is 0 Å². The molecule has 0 spiro atoms. The van der Waals surface area contributed by atoms with Crippen LogP contribution < -0.4 is 9.80 Å². The summed E-state index contributed by atoms with van der Waals surface area (Å²) in [6, 6.07) is 10.7. The average molecular weight is 310 g/mol. The molecular weight excluding hydrogens is 284 g/mol. The maximum atomic E-state index is 4.52. The number of anilines is 3. The van der Waals surface area contributed by atoms with E-state index in [1.165, 1.54) is 24.1 Å². The minimum Gasteiger partial charge on any atom is -0.356 e. The van der Waals surface area contributed by atoms with Crippen LogP contribution in [0.4, 0.5) is 17.3 Å². The van der Waals surface area contributed by atoms with Crippen LogP contribution in [0.1, 0.15) is 32.3 Å². The Kier molecular flexibility index (Phi) is 4.79. The van der Waals surface area contributed by atoms with Crippen molar-refractivity contribution in [1.82, 2.24) is 9.97 Å². The van der Waals surface area contributed by atoms with Gasteiger partial charge in [-0.15, -0.1) is 0 Å². The Morgan fingerprint density at radius 2 is 2.13 bits per heavy atom. The molecular formula is C19H26N4. The molecule has 1 saturated heterocycles. The minimum absolute atomic E-state index is 0.737. The molecule has 23 heavy (non-hydrogen) atoms. The highest BCUT2D eigenvalue weighted by atomic mass is 15.2. The van der Waals surface area contributed by atoms with Crippen LogP contribution in [0.25, 0.3) is 0 Å². The van der Waals surface area contributed by atoms with E-state index in [0.717, 1.165) is 37.2 Å². The fourth-order valence-corrected chi connectivity index (χ4v) is 3.33. The molecule has 0 saturated carbocycles. The van der Waals surface area contributed by atoms with Gasteiger partial charge in [0.05, 0.1) is 0 Å². The number of piperidine rings is 1. The van der Waals surface area contributed by atoms with Crippen molar-refractivity contribution >= 4 is 17.3 Å². The van der Waals surface area contributed by atoms with Gasteiger partial charge in [0.1, 0.15) is 18.0 Å². The SMILES string of the molecule is CCN(c1cccc(C)c1)c1cc(N2CCCC(C)C2)ncn1.